The van der Waals surface area contributed by atoms with Gasteiger partial charge in [-0.15, -0.1) is 0 Å². The van der Waals surface area contributed by atoms with E-state index in [1.807, 2.05) is 25.1 Å². The van der Waals surface area contributed by atoms with Crippen LogP contribution in [0, 0.1) is 28.4 Å². The summed E-state index contributed by atoms with van der Waals surface area (Å²) in [4.78, 5) is 18.2. The standard InChI is InChI=1S/C22H16N4O4/c1-13-3-6-18-19(9-13)25-22(24-18)14(12-23)10-16-5-8-21(30-16)17-11-15(26(27)28)4-7-20(17)29-2/h3-11H,1-2H3,(H,24,25)/b14-10+. The molecule has 1 N–H and O–H groups in total. The molecule has 0 fully saturated rings. The monoisotopic (exact) mass is 400 g/mol. The summed E-state index contributed by atoms with van der Waals surface area (Å²) in [6.45, 7) is 1.98. The Balaban J connectivity index is 1.72. The molecule has 0 saturated heterocycles. The van der Waals surface area contributed by atoms with E-state index in [1.165, 1.54) is 25.3 Å². The van der Waals surface area contributed by atoms with Crippen molar-refractivity contribution in [3.63, 3.8) is 0 Å². The lowest BCUT2D eigenvalue weighted by molar-refractivity contribution is -0.384. The number of nitrogens with zero attached hydrogens (tertiary/aromatic N) is 3. The maximum Gasteiger partial charge on any atom is 0.270 e. The number of benzene rings is 2. The predicted octanol–water partition coefficient (Wildman–Crippen LogP) is 5.11. The van der Waals surface area contributed by atoms with Gasteiger partial charge in [0.2, 0.25) is 0 Å². The Kier molecular flexibility index (Phi) is 4.78. The molecule has 0 radical (unpaired) electrons. The fourth-order valence-corrected chi connectivity index (χ4v) is 3.12. The first-order valence-corrected chi connectivity index (χ1v) is 8.99. The fourth-order valence-electron chi connectivity index (χ4n) is 3.12. The molecular formula is C22H16N4O4. The molecule has 0 saturated carbocycles. The van der Waals surface area contributed by atoms with Crippen LogP contribution in [-0.2, 0) is 0 Å². The van der Waals surface area contributed by atoms with Gasteiger partial charge in [0, 0.05) is 18.2 Å². The number of hydrogen-bond acceptors (Lipinski definition) is 6. The highest BCUT2D eigenvalue weighted by Crippen LogP contribution is 2.35. The average Bonchev–Trinajstić information content (AvgIpc) is 3.37. The van der Waals surface area contributed by atoms with Gasteiger partial charge >= 0.3 is 0 Å². The molecule has 148 valence electrons. The van der Waals surface area contributed by atoms with Crippen LogP contribution in [-0.4, -0.2) is 22.0 Å². The van der Waals surface area contributed by atoms with Crippen molar-refractivity contribution in [2.24, 2.45) is 0 Å². The number of ether oxygens (including phenoxy) is 1. The summed E-state index contributed by atoms with van der Waals surface area (Å²) >= 11 is 0. The molecule has 0 bridgehead atoms. The first kappa shape index (κ1) is 19.0. The number of aryl methyl sites for hydroxylation is 1. The van der Waals surface area contributed by atoms with Crippen molar-refractivity contribution in [1.29, 1.82) is 5.26 Å². The van der Waals surface area contributed by atoms with Gasteiger partial charge in [0.25, 0.3) is 5.69 Å². The van der Waals surface area contributed by atoms with Gasteiger partial charge in [0.05, 0.1) is 34.2 Å². The molecule has 8 heteroatoms. The summed E-state index contributed by atoms with van der Waals surface area (Å²) in [7, 11) is 1.48. The molecule has 30 heavy (non-hydrogen) atoms. The third kappa shape index (κ3) is 3.52. The minimum Gasteiger partial charge on any atom is -0.496 e. The summed E-state index contributed by atoms with van der Waals surface area (Å²) in [5.74, 6) is 1.67. The molecule has 2 aromatic heterocycles. The van der Waals surface area contributed by atoms with Crippen LogP contribution >= 0.6 is 0 Å². The Morgan fingerprint density at radius 3 is 2.83 bits per heavy atom. The summed E-state index contributed by atoms with van der Waals surface area (Å²) < 4.78 is 11.1. The number of nitro benzene ring substituents is 1. The highest BCUT2D eigenvalue weighted by molar-refractivity contribution is 5.90. The van der Waals surface area contributed by atoms with E-state index < -0.39 is 4.92 Å². The maximum absolute atomic E-state index is 11.1. The SMILES string of the molecule is COc1ccc([N+](=O)[O-])cc1-c1ccc(/C=C(\C#N)c2nc3ccc(C)cc3[nH]2)o1. The molecular weight excluding hydrogens is 384 g/mol. The zero-order valence-electron chi connectivity index (χ0n) is 16.2. The largest absolute Gasteiger partial charge is 0.496 e. The molecule has 0 aliphatic rings. The highest BCUT2D eigenvalue weighted by Gasteiger charge is 2.16. The predicted molar refractivity (Wildman–Crippen MR) is 112 cm³/mol. The van der Waals surface area contributed by atoms with Gasteiger partial charge in [-0.3, -0.25) is 10.1 Å². The second-order valence-electron chi connectivity index (χ2n) is 6.62. The number of methoxy groups -OCH3 is 1. The van der Waals surface area contributed by atoms with Crippen LogP contribution < -0.4 is 4.74 Å². The van der Waals surface area contributed by atoms with Gasteiger partial charge in [-0.05, 0) is 42.8 Å². The van der Waals surface area contributed by atoms with Crippen LogP contribution in [0.5, 0.6) is 5.75 Å². The molecule has 0 atom stereocenters. The molecule has 0 unspecified atom stereocenters. The third-order valence-electron chi connectivity index (χ3n) is 4.59. The van der Waals surface area contributed by atoms with Crippen molar-refractivity contribution >= 4 is 28.4 Å². The van der Waals surface area contributed by atoms with Gasteiger partial charge in [0.15, 0.2) is 0 Å². The van der Waals surface area contributed by atoms with Gasteiger partial charge < -0.3 is 14.1 Å². The average molecular weight is 400 g/mol. The van der Waals surface area contributed by atoms with E-state index in [9.17, 15) is 15.4 Å². The molecule has 0 aliphatic carbocycles. The van der Waals surface area contributed by atoms with E-state index in [0.29, 0.717) is 34.2 Å². The summed E-state index contributed by atoms with van der Waals surface area (Å²) in [5.41, 5.74) is 3.36. The number of nitro groups is 1. The summed E-state index contributed by atoms with van der Waals surface area (Å²) in [6.07, 6.45) is 1.57. The number of allylic oxidation sites excluding steroid dienone is 1. The zero-order chi connectivity index (χ0) is 21.3. The Morgan fingerprint density at radius 2 is 2.10 bits per heavy atom. The van der Waals surface area contributed by atoms with Gasteiger partial charge in [-0.1, -0.05) is 6.07 Å². The van der Waals surface area contributed by atoms with Gasteiger partial charge in [-0.25, -0.2) is 4.98 Å². The maximum atomic E-state index is 11.1. The molecule has 0 spiro atoms. The lowest BCUT2D eigenvalue weighted by Gasteiger charge is -2.05. The molecule has 4 rings (SSSR count). The van der Waals surface area contributed by atoms with E-state index in [2.05, 4.69) is 16.0 Å². The zero-order valence-corrected chi connectivity index (χ0v) is 16.2. The Hall–Kier alpha value is -4.38. The molecule has 0 amide bonds. The van der Waals surface area contributed by atoms with Gasteiger partial charge in [-0.2, -0.15) is 5.26 Å². The van der Waals surface area contributed by atoms with Crippen molar-refractivity contribution < 1.29 is 14.1 Å². The number of aromatic amines is 1. The number of nitrogens with one attached hydrogen (secondary N) is 1. The van der Waals surface area contributed by atoms with E-state index in [1.54, 1.807) is 18.2 Å². The minimum absolute atomic E-state index is 0.0745. The van der Waals surface area contributed by atoms with E-state index >= 15 is 0 Å². The van der Waals surface area contributed by atoms with Crippen LogP contribution in [0.1, 0.15) is 17.1 Å². The van der Waals surface area contributed by atoms with Crippen LogP contribution in [0.25, 0.3) is 34.0 Å². The van der Waals surface area contributed by atoms with Crippen molar-refractivity contribution in [1.82, 2.24) is 9.97 Å². The fraction of sp³-hybridized carbons (Fsp3) is 0.0909. The van der Waals surface area contributed by atoms with E-state index in [0.717, 1.165) is 16.6 Å². The molecule has 2 heterocycles. The Bertz CT molecular complexity index is 1340. The Morgan fingerprint density at radius 1 is 1.27 bits per heavy atom. The normalized spacial score (nSPS) is 11.4. The van der Waals surface area contributed by atoms with Crippen molar-refractivity contribution in [2.45, 2.75) is 6.92 Å². The summed E-state index contributed by atoms with van der Waals surface area (Å²) in [6, 6.07) is 15.5. The molecule has 8 nitrogen and oxygen atoms in total. The number of imidazole rings is 1. The number of H-pyrrole nitrogens is 1. The van der Waals surface area contributed by atoms with Crippen LogP contribution in [0.15, 0.2) is 52.9 Å². The highest BCUT2D eigenvalue weighted by atomic mass is 16.6. The number of hydrogen-bond donors (Lipinski definition) is 1. The van der Waals surface area contributed by atoms with Gasteiger partial charge in [0.1, 0.15) is 29.2 Å². The topological polar surface area (TPSA) is 118 Å². The van der Waals surface area contributed by atoms with Crippen molar-refractivity contribution in [3.05, 3.63) is 75.8 Å². The van der Waals surface area contributed by atoms with Crippen molar-refractivity contribution in [3.8, 4) is 23.1 Å². The number of fused-ring (bicyclic) bond motifs is 1. The quantitative estimate of drug-likeness (QED) is 0.282. The van der Waals surface area contributed by atoms with E-state index in [-0.39, 0.29) is 5.69 Å². The number of non-ortho nitro benzene ring substituents is 1. The molecule has 0 aliphatic heterocycles. The lowest BCUT2D eigenvalue weighted by atomic mass is 10.1. The second kappa shape index (κ2) is 7.56. The third-order valence-corrected chi connectivity index (χ3v) is 4.59. The number of aromatic nitrogens is 2. The van der Waals surface area contributed by atoms with E-state index in [4.69, 9.17) is 9.15 Å². The van der Waals surface area contributed by atoms with Crippen LogP contribution in [0.2, 0.25) is 0 Å². The summed E-state index contributed by atoms with van der Waals surface area (Å²) in [5, 5.41) is 20.7. The Labute approximate surface area is 171 Å². The minimum atomic E-state index is -0.482. The first-order valence-electron chi connectivity index (χ1n) is 8.99. The second-order valence-corrected chi connectivity index (χ2v) is 6.62. The molecule has 4 aromatic rings. The van der Waals surface area contributed by atoms with Crippen LogP contribution in [0.3, 0.4) is 0 Å². The van der Waals surface area contributed by atoms with Crippen LogP contribution in [0.4, 0.5) is 5.69 Å². The first-order chi connectivity index (χ1) is 14.5. The smallest absolute Gasteiger partial charge is 0.270 e. The number of nitriles is 1. The lowest BCUT2D eigenvalue weighted by Crippen LogP contribution is -1.91. The number of furan rings is 1. The molecule has 2 aromatic carbocycles. The number of rotatable bonds is 5. The van der Waals surface area contributed by atoms with Crippen molar-refractivity contribution in [2.75, 3.05) is 7.11 Å².